The first-order chi connectivity index (χ1) is 15.6. The van der Waals surface area contributed by atoms with Gasteiger partial charge in [-0.05, 0) is 66.0 Å². The number of ether oxygens (including phenoxy) is 2. The van der Waals surface area contributed by atoms with Crippen molar-refractivity contribution >= 4 is 27.4 Å². The van der Waals surface area contributed by atoms with Crippen LogP contribution in [0.25, 0.3) is 10.1 Å². The summed E-state index contributed by atoms with van der Waals surface area (Å²) in [6, 6.07) is 17.1. The van der Waals surface area contributed by atoms with Gasteiger partial charge in [0.2, 0.25) is 0 Å². The summed E-state index contributed by atoms with van der Waals surface area (Å²) in [4.78, 5) is 0. The second-order valence-corrected chi connectivity index (χ2v) is 8.22. The smallest absolute Gasteiger partial charge is 0.147 e. The summed E-state index contributed by atoms with van der Waals surface area (Å²) in [6.45, 7) is 3.50. The van der Waals surface area contributed by atoms with E-state index >= 15 is 0 Å². The quantitative estimate of drug-likeness (QED) is 0.264. The molecule has 0 bridgehead atoms. The van der Waals surface area contributed by atoms with Crippen molar-refractivity contribution in [3.05, 3.63) is 83.4 Å². The van der Waals surface area contributed by atoms with Crippen molar-refractivity contribution in [2.45, 2.75) is 32.9 Å². The summed E-state index contributed by atoms with van der Waals surface area (Å²) in [5, 5.41) is 4.43. The highest BCUT2D eigenvalue weighted by atomic mass is 32.1. The second kappa shape index (κ2) is 10.4. The summed E-state index contributed by atoms with van der Waals surface area (Å²) in [5.74, 6) is 1.09. The van der Waals surface area contributed by atoms with Crippen LogP contribution in [0.4, 0.5) is 14.6 Å². The van der Waals surface area contributed by atoms with Crippen LogP contribution in [0.3, 0.4) is 0 Å². The fourth-order valence-electron chi connectivity index (χ4n) is 3.16. The maximum absolute atomic E-state index is 13.7. The lowest BCUT2D eigenvalue weighted by atomic mass is 10.2. The molecule has 32 heavy (non-hydrogen) atoms. The second-order valence-electron chi connectivity index (χ2n) is 7.41. The lowest BCUT2D eigenvalue weighted by Gasteiger charge is -2.09. The van der Waals surface area contributed by atoms with E-state index in [1.807, 2.05) is 42.5 Å². The zero-order valence-corrected chi connectivity index (χ0v) is 18.6. The number of fused-ring (bicyclic) bond motifs is 1. The van der Waals surface area contributed by atoms with Gasteiger partial charge in [-0.25, -0.2) is 8.78 Å². The molecule has 1 N–H and O–H groups in total. The summed E-state index contributed by atoms with van der Waals surface area (Å²) in [5.41, 5.74) is 1.37. The summed E-state index contributed by atoms with van der Waals surface area (Å²) in [7, 11) is 0. The minimum absolute atomic E-state index is 0.0389. The van der Waals surface area contributed by atoms with Gasteiger partial charge in [-0.3, -0.25) is 0 Å². The Morgan fingerprint density at radius 2 is 1.75 bits per heavy atom. The topological polar surface area (TPSA) is 43.4 Å². The zero-order chi connectivity index (χ0) is 22.3. The molecule has 0 saturated carbocycles. The Balaban J connectivity index is 1.34. The van der Waals surface area contributed by atoms with Gasteiger partial charge in [-0.2, -0.15) is 4.37 Å². The van der Waals surface area contributed by atoms with E-state index in [-0.39, 0.29) is 6.61 Å². The molecule has 1 heterocycles. The maximum Gasteiger partial charge on any atom is 0.147 e. The average molecular weight is 455 g/mol. The average Bonchev–Trinajstić information content (AvgIpc) is 3.20. The Bertz CT molecular complexity index is 1180. The van der Waals surface area contributed by atoms with Crippen LogP contribution < -0.4 is 14.8 Å². The standard InChI is InChI=1S/C25H24F2N2O2S/c1-2-3-12-30-21-10-11-24-22(14-21)25(29-32-24)28-15-17-4-8-20(9-5-17)31-16-18-6-7-19(26)13-23(18)27/h4-11,13-14H,2-3,12,15-16H2,1H3,(H,28,29). The van der Waals surface area contributed by atoms with Gasteiger partial charge in [0.05, 0.1) is 11.3 Å². The molecule has 0 aliphatic heterocycles. The fraction of sp³-hybridized carbons (Fsp3) is 0.240. The molecular formula is C25H24F2N2O2S. The highest BCUT2D eigenvalue weighted by Crippen LogP contribution is 2.31. The van der Waals surface area contributed by atoms with Crippen molar-refractivity contribution in [1.82, 2.24) is 4.37 Å². The largest absolute Gasteiger partial charge is 0.494 e. The number of aromatic nitrogens is 1. The molecular weight excluding hydrogens is 430 g/mol. The monoisotopic (exact) mass is 454 g/mol. The summed E-state index contributed by atoms with van der Waals surface area (Å²) in [6.07, 6.45) is 2.13. The van der Waals surface area contributed by atoms with Gasteiger partial charge in [0.1, 0.15) is 35.6 Å². The van der Waals surface area contributed by atoms with Crippen LogP contribution in [0.15, 0.2) is 60.7 Å². The van der Waals surface area contributed by atoms with Crippen LogP contribution in [0, 0.1) is 11.6 Å². The van der Waals surface area contributed by atoms with Crippen molar-refractivity contribution in [3.63, 3.8) is 0 Å². The first kappa shape index (κ1) is 22.0. The number of unbranched alkanes of at least 4 members (excludes halogenated alkanes) is 1. The Hall–Kier alpha value is -3.19. The van der Waals surface area contributed by atoms with E-state index in [0.29, 0.717) is 24.5 Å². The highest BCUT2D eigenvalue weighted by molar-refractivity contribution is 7.13. The molecule has 0 spiro atoms. The molecule has 0 atom stereocenters. The predicted octanol–water partition coefficient (Wildman–Crippen LogP) is 6.94. The molecule has 4 nitrogen and oxygen atoms in total. The van der Waals surface area contributed by atoms with Gasteiger partial charge in [0.25, 0.3) is 0 Å². The third-order valence-electron chi connectivity index (χ3n) is 5.00. The Morgan fingerprint density at radius 1 is 0.938 bits per heavy atom. The van der Waals surface area contributed by atoms with Crippen molar-refractivity contribution in [2.24, 2.45) is 0 Å². The van der Waals surface area contributed by atoms with Gasteiger partial charge in [-0.15, -0.1) is 0 Å². The molecule has 0 aliphatic rings. The molecule has 3 aromatic carbocycles. The predicted molar refractivity (Wildman–Crippen MR) is 124 cm³/mol. The molecule has 7 heteroatoms. The number of nitrogens with zero attached hydrogens (tertiary/aromatic N) is 1. The van der Waals surface area contributed by atoms with Crippen molar-refractivity contribution < 1.29 is 18.3 Å². The van der Waals surface area contributed by atoms with Crippen LogP contribution in [0.2, 0.25) is 0 Å². The van der Waals surface area contributed by atoms with E-state index < -0.39 is 11.6 Å². The Labute approximate surface area is 190 Å². The zero-order valence-electron chi connectivity index (χ0n) is 17.7. The van der Waals surface area contributed by atoms with E-state index in [4.69, 9.17) is 9.47 Å². The minimum Gasteiger partial charge on any atom is -0.494 e. The van der Waals surface area contributed by atoms with Crippen molar-refractivity contribution in [1.29, 1.82) is 0 Å². The molecule has 0 amide bonds. The lowest BCUT2D eigenvalue weighted by Crippen LogP contribution is -2.01. The summed E-state index contributed by atoms with van der Waals surface area (Å²) >= 11 is 1.45. The first-order valence-electron chi connectivity index (χ1n) is 10.5. The van der Waals surface area contributed by atoms with E-state index in [9.17, 15) is 8.78 Å². The normalized spacial score (nSPS) is 11.0. The lowest BCUT2D eigenvalue weighted by molar-refractivity contribution is 0.299. The molecule has 0 radical (unpaired) electrons. The van der Waals surface area contributed by atoms with Crippen LogP contribution >= 0.6 is 11.5 Å². The minimum atomic E-state index is -0.611. The molecule has 4 rings (SSSR count). The molecule has 4 aromatic rings. The molecule has 0 unspecified atom stereocenters. The first-order valence-corrected chi connectivity index (χ1v) is 11.3. The van der Waals surface area contributed by atoms with Gasteiger partial charge in [-0.1, -0.05) is 25.5 Å². The highest BCUT2D eigenvalue weighted by Gasteiger charge is 2.08. The number of nitrogens with one attached hydrogen (secondary N) is 1. The number of rotatable bonds is 10. The SMILES string of the molecule is CCCCOc1ccc2snc(NCc3ccc(OCc4ccc(F)cc4F)cc3)c2c1. The number of anilines is 1. The maximum atomic E-state index is 13.7. The van der Waals surface area contributed by atoms with Crippen LogP contribution in [0.1, 0.15) is 30.9 Å². The van der Waals surface area contributed by atoms with Crippen LogP contribution in [0.5, 0.6) is 11.5 Å². The van der Waals surface area contributed by atoms with E-state index in [2.05, 4.69) is 16.6 Å². The molecule has 0 aliphatic carbocycles. The third kappa shape index (κ3) is 5.53. The van der Waals surface area contributed by atoms with Gasteiger partial charge < -0.3 is 14.8 Å². The van der Waals surface area contributed by atoms with E-state index in [1.165, 1.54) is 23.7 Å². The van der Waals surface area contributed by atoms with Gasteiger partial charge in [0.15, 0.2) is 0 Å². The van der Waals surface area contributed by atoms with Crippen LogP contribution in [-0.2, 0) is 13.2 Å². The van der Waals surface area contributed by atoms with Gasteiger partial charge >= 0.3 is 0 Å². The number of halogens is 2. The van der Waals surface area contributed by atoms with Gasteiger partial charge in [0, 0.05) is 23.6 Å². The van der Waals surface area contributed by atoms with Crippen LogP contribution in [-0.4, -0.2) is 11.0 Å². The molecule has 0 fully saturated rings. The third-order valence-corrected chi connectivity index (χ3v) is 5.83. The van der Waals surface area contributed by atoms with Crippen molar-refractivity contribution in [2.75, 3.05) is 11.9 Å². The Kier molecular flexibility index (Phi) is 7.17. The number of hydrogen-bond donors (Lipinski definition) is 1. The molecule has 1 aromatic heterocycles. The van der Waals surface area contributed by atoms with Crippen molar-refractivity contribution in [3.8, 4) is 11.5 Å². The Morgan fingerprint density at radius 3 is 2.53 bits per heavy atom. The van der Waals surface area contributed by atoms with E-state index in [1.54, 1.807) is 0 Å². The number of hydrogen-bond acceptors (Lipinski definition) is 5. The van der Waals surface area contributed by atoms with E-state index in [0.717, 1.165) is 46.1 Å². The molecule has 0 saturated heterocycles. The summed E-state index contributed by atoms with van der Waals surface area (Å²) < 4.78 is 43.8. The molecule has 166 valence electrons. The number of benzene rings is 3. The fourth-order valence-corrected chi connectivity index (χ4v) is 3.89.